The number of amides is 1. The third kappa shape index (κ3) is 3.25. The van der Waals surface area contributed by atoms with Gasteiger partial charge in [0.2, 0.25) is 0 Å². The fourth-order valence-corrected chi connectivity index (χ4v) is 3.75. The van der Waals surface area contributed by atoms with Crippen molar-refractivity contribution < 1.29 is 13.6 Å². The Balaban J connectivity index is 1.78. The van der Waals surface area contributed by atoms with Crippen LogP contribution in [-0.4, -0.2) is 15.9 Å². The molecule has 0 fully saturated rings. The number of para-hydroxylation sites is 1. The smallest absolute Gasteiger partial charge is 0.296 e. The first-order valence-corrected chi connectivity index (χ1v) is 9.25. The first kappa shape index (κ1) is 16.9. The molecular formula is C18H11BrFN3O2S. The summed E-state index contributed by atoms with van der Waals surface area (Å²) >= 11 is 4.44. The van der Waals surface area contributed by atoms with Gasteiger partial charge in [-0.3, -0.25) is 14.7 Å². The number of aromatic nitrogens is 2. The summed E-state index contributed by atoms with van der Waals surface area (Å²) < 4.78 is 20.5. The van der Waals surface area contributed by atoms with Crippen LogP contribution in [-0.2, 0) is 6.54 Å². The third-order valence-electron chi connectivity index (χ3n) is 3.66. The van der Waals surface area contributed by atoms with Crippen LogP contribution >= 0.6 is 27.3 Å². The first-order valence-electron chi connectivity index (χ1n) is 7.64. The van der Waals surface area contributed by atoms with Crippen molar-refractivity contribution in [2.75, 3.05) is 4.90 Å². The zero-order valence-corrected chi connectivity index (χ0v) is 15.6. The molecule has 3 heterocycles. The lowest BCUT2D eigenvalue weighted by atomic mass is 10.3. The van der Waals surface area contributed by atoms with Gasteiger partial charge in [-0.15, -0.1) is 0 Å². The van der Waals surface area contributed by atoms with E-state index >= 15 is 0 Å². The molecule has 8 heteroatoms. The minimum atomic E-state index is -0.420. The summed E-state index contributed by atoms with van der Waals surface area (Å²) in [6.45, 7) is 0.194. The number of benzene rings is 1. The monoisotopic (exact) mass is 431 g/mol. The SMILES string of the molecule is O=C(c1ccc(Br)o1)N(Cc1ccccn1)c1nc2c(F)cccc2s1. The lowest BCUT2D eigenvalue weighted by Gasteiger charge is -2.18. The molecule has 0 aliphatic carbocycles. The Morgan fingerprint density at radius 2 is 2.08 bits per heavy atom. The molecule has 1 amide bonds. The minimum Gasteiger partial charge on any atom is -0.444 e. The fraction of sp³-hybridized carbons (Fsp3) is 0.0556. The van der Waals surface area contributed by atoms with Crippen LogP contribution in [0.25, 0.3) is 10.2 Å². The standard InChI is InChI=1S/C18H11BrFN3O2S/c19-15-8-7-13(25-15)17(24)23(10-11-4-1-2-9-21-11)18-22-16-12(20)5-3-6-14(16)26-18/h1-9H,10H2. The largest absolute Gasteiger partial charge is 0.444 e. The Kier molecular flexibility index (Phi) is 4.52. The van der Waals surface area contributed by atoms with E-state index in [4.69, 9.17) is 4.42 Å². The number of furan rings is 1. The molecule has 5 nitrogen and oxygen atoms in total. The van der Waals surface area contributed by atoms with Gasteiger partial charge in [-0.25, -0.2) is 9.37 Å². The van der Waals surface area contributed by atoms with Gasteiger partial charge in [-0.05, 0) is 52.3 Å². The molecule has 0 saturated heterocycles. The molecule has 0 bridgehead atoms. The van der Waals surface area contributed by atoms with Crippen LogP contribution in [0.2, 0.25) is 0 Å². The van der Waals surface area contributed by atoms with Crippen molar-refractivity contribution in [2.45, 2.75) is 6.54 Å². The molecule has 3 aromatic heterocycles. The van der Waals surface area contributed by atoms with Gasteiger partial charge in [0, 0.05) is 6.20 Å². The summed E-state index contributed by atoms with van der Waals surface area (Å²) in [6.07, 6.45) is 1.65. The average molecular weight is 432 g/mol. The van der Waals surface area contributed by atoms with E-state index in [0.29, 0.717) is 20.2 Å². The number of fused-ring (bicyclic) bond motifs is 1. The second-order valence-electron chi connectivity index (χ2n) is 5.40. The second kappa shape index (κ2) is 6.97. The van der Waals surface area contributed by atoms with Crippen molar-refractivity contribution in [3.05, 3.63) is 76.7 Å². The summed E-state index contributed by atoms with van der Waals surface area (Å²) in [5, 5.41) is 0.383. The van der Waals surface area contributed by atoms with Crippen molar-refractivity contribution in [3.63, 3.8) is 0 Å². The van der Waals surface area contributed by atoms with Crippen LogP contribution in [0.1, 0.15) is 16.2 Å². The van der Waals surface area contributed by atoms with Gasteiger partial charge < -0.3 is 4.42 Å². The van der Waals surface area contributed by atoms with Gasteiger partial charge in [0.15, 0.2) is 15.6 Å². The molecule has 0 aliphatic rings. The number of halogens is 2. The molecule has 130 valence electrons. The maximum absolute atomic E-state index is 14.0. The Morgan fingerprint density at radius 3 is 2.77 bits per heavy atom. The number of carbonyl (C=O) groups is 1. The van der Waals surface area contributed by atoms with E-state index in [1.165, 1.54) is 22.3 Å². The molecular weight excluding hydrogens is 421 g/mol. The molecule has 26 heavy (non-hydrogen) atoms. The summed E-state index contributed by atoms with van der Waals surface area (Å²) in [5.74, 6) is -0.635. The Morgan fingerprint density at radius 1 is 1.19 bits per heavy atom. The molecule has 4 rings (SSSR count). The summed E-state index contributed by atoms with van der Waals surface area (Å²) in [5.41, 5.74) is 0.929. The van der Waals surface area contributed by atoms with Gasteiger partial charge in [0.05, 0.1) is 16.9 Å². The van der Waals surface area contributed by atoms with Crippen LogP contribution in [0.3, 0.4) is 0 Å². The summed E-state index contributed by atoms with van der Waals surface area (Å²) in [7, 11) is 0. The lowest BCUT2D eigenvalue weighted by molar-refractivity contribution is 0.0957. The Hall–Kier alpha value is -2.58. The van der Waals surface area contributed by atoms with E-state index in [1.54, 1.807) is 36.5 Å². The second-order valence-corrected chi connectivity index (χ2v) is 7.19. The number of carbonyl (C=O) groups excluding carboxylic acids is 1. The number of nitrogens with zero attached hydrogens (tertiary/aromatic N) is 3. The van der Waals surface area contributed by atoms with Crippen molar-refractivity contribution in [1.82, 2.24) is 9.97 Å². The van der Waals surface area contributed by atoms with E-state index in [1.807, 2.05) is 12.1 Å². The molecule has 1 aromatic carbocycles. The topological polar surface area (TPSA) is 59.2 Å². The number of anilines is 1. The molecule has 0 unspecified atom stereocenters. The van der Waals surface area contributed by atoms with Crippen LogP contribution < -0.4 is 4.90 Å². The highest BCUT2D eigenvalue weighted by atomic mass is 79.9. The highest BCUT2D eigenvalue weighted by Crippen LogP contribution is 2.32. The van der Waals surface area contributed by atoms with E-state index in [2.05, 4.69) is 25.9 Å². The van der Waals surface area contributed by atoms with E-state index in [9.17, 15) is 9.18 Å². The minimum absolute atomic E-state index is 0.160. The summed E-state index contributed by atoms with van der Waals surface area (Å²) in [6, 6.07) is 13.4. The molecule has 0 spiro atoms. The maximum atomic E-state index is 14.0. The van der Waals surface area contributed by atoms with Crippen molar-refractivity contribution in [2.24, 2.45) is 0 Å². The predicted molar refractivity (Wildman–Crippen MR) is 101 cm³/mol. The molecule has 0 aliphatic heterocycles. The quantitative estimate of drug-likeness (QED) is 0.454. The van der Waals surface area contributed by atoms with Crippen LogP contribution in [0, 0.1) is 5.82 Å². The van der Waals surface area contributed by atoms with Crippen molar-refractivity contribution in [1.29, 1.82) is 0 Å². The third-order valence-corrected chi connectivity index (χ3v) is 5.13. The zero-order chi connectivity index (χ0) is 18.1. The average Bonchev–Trinajstić information content (AvgIpc) is 3.27. The van der Waals surface area contributed by atoms with Gasteiger partial charge in [0.25, 0.3) is 5.91 Å². The number of rotatable bonds is 4. The Labute approximate surface area is 160 Å². The first-order chi connectivity index (χ1) is 12.6. The molecule has 0 radical (unpaired) electrons. The highest BCUT2D eigenvalue weighted by Gasteiger charge is 2.25. The molecule has 0 N–H and O–H groups in total. The summed E-state index contributed by atoms with van der Waals surface area (Å²) in [4.78, 5) is 23.0. The van der Waals surface area contributed by atoms with Crippen LogP contribution in [0.4, 0.5) is 9.52 Å². The fourth-order valence-electron chi connectivity index (χ4n) is 2.46. The zero-order valence-electron chi connectivity index (χ0n) is 13.2. The van der Waals surface area contributed by atoms with Crippen molar-refractivity contribution >= 4 is 48.5 Å². The van der Waals surface area contributed by atoms with Gasteiger partial charge in [-0.2, -0.15) is 0 Å². The van der Waals surface area contributed by atoms with Gasteiger partial charge in [-0.1, -0.05) is 23.5 Å². The molecule has 0 atom stereocenters. The predicted octanol–water partition coefficient (Wildman–Crippen LogP) is 5.03. The van der Waals surface area contributed by atoms with E-state index in [-0.39, 0.29) is 23.7 Å². The van der Waals surface area contributed by atoms with Crippen LogP contribution in [0.15, 0.2) is 63.8 Å². The molecule has 4 aromatic rings. The molecule has 0 saturated carbocycles. The number of hydrogen-bond donors (Lipinski definition) is 0. The Bertz CT molecular complexity index is 1080. The van der Waals surface area contributed by atoms with Crippen molar-refractivity contribution in [3.8, 4) is 0 Å². The number of pyridine rings is 1. The lowest BCUT2D eigenvalue weighted by Crippen LogP contribution is -2.30. The van der Waals surface area contributed by atoms with E-state index in [0.717, 1.165) is 0 Å². The normalized spacial score (nSPS) is 11.0. The van der Waals surface area contributed by atoms with Gasteiger partial charge >= 0.3 is 0 Å². The highest BCUT2D eigenvalue weighted by molar-refractivity contribution is 9.10. The maximum Gasteiger partial charge on any atom is 0.296 e. The van der Waals surface area contributed by atoms with Gasteiger partial charge in [0.1, 0.15) is 11.3 Å². The van der Waals surface area contributed by atoms with Crippen LogP contribution in [0.5, 0.6) is 0 Å². The number of hydrogen-bond acceptors (Lipinski definition) is 5. The number of thiazole rings is 1. The van der Waals surface area contributed by atoms with E-state index < -0.39 is 5.82 Å².